The highest BCUT2D eigenvalue weighted by molar-refractivity contribution is 5.21. The van der Waals surface area contributed by atoms with Gasteiger partial charge in [-0.25, -0.2) is 0 Å². The first kappa shape index (κ1) is 4.85. The van der Waals surface area contributed by atoms with Crippen molar-refractivity contribution in [3.05, 3.63) is 11.6 Å². The number of rotatable bonds is 1. The first-order valence-electron chi connectivity index (χ1n) is 2.64. The number of aliphatic hydroxyl groups excluding tert-OH is 1. The molecular weight excluding hydrogens is 88.1 g/mol. The van der Waals surface area contributed by atoms with E-state index in [9.17, 15) is 0 Å². The summed E-state index contributed by atoms with van der Waals surface area (Å²) < 4.78 is 0. The molecule has 0 bridgehead atoms. The monoisotopic (exact) mass is 98.1 g/mol. The molecule has 0 radical (unpaired) electrons. The minimum Gasteiger partial charge on any atom is -0.396 e. The van der Waals surface area contributed by atoms with Gasteiger partial charge < -0.3 is 5.11 Å². The van der Waals surface area contributed by atoms with Gasteiger partial charge in [0.15, 0.2) is 0 Å². The summed E-state index contributed by atoms with van der Waals surface area (Å²) in [6.07, 6.45) is 3.22. The van der Waals surface area contributed by atoms with Crippen molar-refractivity contribution < 1.29 is 5.11 Å². The Bertz CT molecular complexity index is 94.4. The maximum Gasteiger partial charge on any atom is 0.0499 e. The third-order valence-corrected chi connectivity index (χ3v) is 1.44. The van der Waals surface area contributed by atoms with Crippen LogP contribution in [0.5, 0.6) is 0 Å². The highest BCUT2D eigenvalue weighted by Crippen LogP contribution is 2.36. The highest BCUT2D eigenvalue weighted by Gasteiger charge is 2.26. The van der Waals surface area contributed by atoms with Crippen LogP contribution < -0.4 is 0 Å². The second-order valence-electron chi connectivity index (χ2n) is 1.95. The number of allylic oxidation sites excluding steroid dienone is 1. The molecule has 0 aliphatic heterocycles. The zero-order chi connectivity index (χ0) is 5.28. The van der Waals surface area contributed by atoms with Crippen molar-refractivity contribution in [1.82, 2.24) is 0 Å². The maximum absolute atomic E-state index is 8.47. The Morgan fingerprint density at radius 2 is 2.71 bits per heavy atom. The molecule has 1 saturated carbocycles. The molecule has 1 nitrogen and oxygen atoms in total. The van der Waals surface area contributed by atoms with Crippen LogP contribution in [0.3, 0.4) is 0 Å². The molecule has 0 unspecified atom stereocenters. The fourth-order valence-corrected chi connectivity index (χ4v) is 0.761. The number of hydrogen-bond donors (Lipinski definition) is 1. The molecule has 0 spiro atoms. The van der Waals surface area contributed by atoms with Crippen LogP contribution in [-0.2, 0) is 0 Å². The van der Waals surface area contributed by atoms with E-state index in [1.54, 1.807) is 0 Å². The lowest BCUT2D eigenvalue weighted by atomic mass is 10.4. The predicted octanol–water partition coefficient (Wildman–Crippen LogP) is 0.945. The third-order valence-electron chi connectivity index (χ3n) is 1.44. The summed E-state index contributed by atoms with van der Waals surface area (Å²) in [7, 11) is 0. The van der Waals surface area contributed by atoms with Gasteiger partial charge in [0.25, 0.3) is 0 Å². The summed E-state index contributed by atoms with van der Waals surface area (Å²) in [5.41, 5.74) is 1.42. The van der Waals surface area contributed by atoms with E-state index in [4.69, 9.17) is 5.11 Å². The van der Waals surface area contributed by atoms with Gasteiger partial charge in [-0.3, -0.25) is 0 Å². The van der Waals surface area contributed by atoms with E-state index in [0.717, 1.165) is 6.42 Å². The molecule has 0 aromatic rings. The van der Waals surface area contributed by atoms with Gasteiger partial charge in [-0.05, 0) is 13.3 Å². The Labute approximate surface area is 43.7 Å². The maximum atomic E-state index is 8.47. The molecule has 40 valence electrons. The zero-order valence-corrected chi connectivity index (χ0v) is 4.52. The van der Waals surface area contributed by atoms with Gasteiger partial charge in [0.05, 0.1) is 0 Å². The molecule has 1 fully saturated rings. The Morgan fingerprint density at radius 3 is 2.86 bits per heavy atom. The molecule has 1 aliphatic carbocycles. The van der Waals surface area contributed by atoms with Gasteiger partial charge in [-0.15, -0.1) is 0 Å². The Morgan fingerprint density at radius 1 is 2.00 bits per heavy atom. The summed E-state index contributed by atoms with van der Waals surface area (Å²) in [5.74, 6) is 0.532. The quantitative estimate of drug-likeness (QED) is 0.484. The van der Waals surface area contributed by atoms with Crippen molar-refractivity contribution in [2.24, 2.45) is 5.92 Å². The zero-order valence-electron chi connectivity index (χ0n) is 4.52. The largest absolute Gasteiger partial charge is 0.396 e. The first-order valence-corrected chi connectivity index (χ1v) is 2.64. The lowest BCUT2D eigenvalue weighted by Crippen LogP contribution is -1.80. The van der Waals surface area contributed by atoms with E-state index >= 15 is 0 Å². The lowest BCUT2D eigenvalue weighted by Gasteiger charge is -1.76. The molecule has 0 aromatic carbocycles. The molecule has 1 heteroatoms. The van der Waals surface area contributed by atoms with Crippen molar-refractivity contribution >= 4 is 0 Å². The molecule has 1 N–H and O–H groups in total. The van der Waals surface area contributed by atoms with Crippen LogP contribution in [0.25, 0.3) is 0 Å². The van der Waals surface area contributed by atoms with E-state index in [0.29, 0.717) is 12.5 Å². The summed E-state index contributed by atoms with van der Waals surface area (Å²) in [5, 5.41) is 8.47. The van der Waals surface area contributed by atoms with E-state index in [1.165, 1.54) is 5.57 Å². The van der Waals surface area contributed by atoms with Crippen LogP contribution in [0.4, 0.5) is 0 Å². The normalized spacial score (nSPS) is 34.0. The van der Waals surface area contributed by atoms with Crippen molar-refractivity contribution in [1.29, 1.82) is 0 Å². The van der Waals surface area contributed by atoms with Crippen molar-refractivity contribution in [3.8, 4) is 0 Å². The summed E-state index contributed by atoms with van der Waals surface area (Å²) in [6, 6.07) is 0. The molecule has 1 atom stereocenters. The molecular formula is C6H10O. The topological polar surface area (TPSA) is 20.2 Å². The van der Waals surface area contributed by atoms with Crippen LogP contribution in [0.2, 0.25) is 0 Å². The Hall–Kier alpha value is -0.300. The van der Waals surface area contributed by atoms with Crippen LogP contribution in [-0.4, -0.2) is 11.7 Å². The number of hydrogen-bond acceptors (Lipinski definition) is 1. The third kappa shape index (κ3) is 0.829. The fraction of sp³-hybridized carbons (Fsp3) is 0.667. The molecule has 1 rings (SSSR count). The van der Waals surface area contributed by atoms with Gasteiger partial charge >= 0.3 is 0 Å². The van der Waals surface area contributed by atoms with Crippen LogP contribution in [0.15, 0.2) is 11.6 Å². The van der Waals surface area contributed by atoms with Gasteiger partial charge in [0.1, 0.15) is 0 Å². The lowest BCUT2D eigenvalue weighted by molar-refractivity contribution is 0.281. The van der Waals surface area contributed by atoms with Crippen molar-refractivity contribution in [3.63, 3.8) is 0 Å². The fourth-order valence-electron chi connectivity index (χ4n) is 0.761. The molecule has 0 saturated heterocycles. The molecule has 0 amide bonds. The van der Waals surface area contributed by atoms with Crippen LogP contribution in [0.1, 0.15) is 13.3 Å². The average Bonchev–Trinajstić information content (AvgIpc) is 2.43. The van der Waals surface area contributed by atoms with Crippen LogP contribution in [0, 0.1) is 5.92 Å². The molecule has 0 heterocycles. The summed E-state index contributed by atoms with van der Waals surface area (Å²) >= 11 is 0. The van der Waals surface area contributed by atoms with Gasteiger partial charge in [0, 0.05) is 12.5 Å². The van der Waals surface area contributed by atoms with E-state index in [-0.39, 0.29) is 0 Å². The standard InChI is InChI=1S/C6H10O/c1-2-5-3-6(5)4-7/h2,6-7H,3-4H2,1H3/b5-2-/t6-/m1/s1. The Balaban J connectivity index is 2.31. The summed E-state index contributed by atoms with van der Waals surface area (Å²) in [6.45, 7) is 2.37. The number of aliphatic hydroxyl groups is 1. The minimum absolute atomic E-state index is 0.347. The SMILES string of the molecule is C/C=C1/C[C@@H]1CO. The van der Waals surface area contributed by atoms with E-state index < -0.39 is 0 Å². The van der Waals surface area contributed by atoms with E-state index in [1.807, 2.05) is 6.92 Å². The predicted molar refractivity (Wildman–Crippen MR) is 28.9 cm³/mol. The Kier molecular flexibility index (Phi) is 1.15. The molecule has 1 aliphatic rings. The van der Waals surface area contributed by atoms with Gasteiger partial charge in [0.2, 0.25) is 0 Å². The minimum atomic E-state index is 0.347. The van der Waals surface area contributed by atoms with Gasteiger partial charge in [-0.1, -0.05) is 11.6 Å². The van der Waals surface area contributed by atoms with Crippen molar-refractivity contribution in [2.45, 2.75) is 13.3 Å². The average molecular weight is 98.1 g/mol. The highest BCUT2D eigenvalue weighted by atomic mass is 16.3. The second kappa shape index (κ2) is 1.66. The van der Waals surface area contributed by atoms with Crippen molar-refractivity contribution in [2.75, 3.05) is 6.61 Å². The van der Waals surface area contributed by atoms with Gasteiger partial charge in [-0.2, -0.15) is 0 Å². The summed E-state index contributed by atoms with van der Waals surface area (Å²) in [4.78, 5) is 0. The van der Waals surface area contributed by atoms with E-state index in [2.05, 4.69) is 6.08 Å². The van der Waals surface area contributed by atoms with Crippen LogP contribution >= 0.6 is 0 Å². The molecule has 0 aromatic heterocycles. The first-order chi connectivity index (χ1) is 3.38. The smallest absolute Gasteiger partial charge is 0.0499 e. The molecule has 7 heavy (non-hydrogen) atoms. The second-order valence-corrected chi connectivity index (χ2v) is 1.95.